The van der Waals surface area contributed by atoms with Gasteiger partial charge in [0.05, 0.1) is 6.61 Å². The van der Waals surface area contributed by atoms with Crippen LogP contribution in [-0.4, -0.2) is 78.3 Å². The first-order chi connectivity index (χ1) is 16.3. The van der Waals surface area contributed by atoms with Crippen LogP contribution in [0.5, 0.6) is 0 Å². The van der Waals surface area contributed by atoms with E-state index in [9.17, 15) is 19.6 Å². The molecule has 1 fully saturated rings. The number of nitrogens with two attached hydrogens (primary N) is 1. The number of anilines is 1. The third kappa shape index (κ3) is 4.75. The first-order valence-corrected chi connectivity index (χ1v) is 13.6. The molecule has 34 heavy (non-hydrogen) atoms. The molecule has 2 aromatic rings. The second kappa shape index (κ2) is 10.3. The van der Waals surface area contributed by atoms with E-state index in [1.54, 1.807) is 6.92 Å². The van der Waals surface area contributed by atoms with Gasteiger partial charge in [-0.2, -0.15) is 0 Å². The Morgan fingerprint density at radius 1 is 1.44 bits per heavy atom. The van der Waals surface area contributed by atoms with Crippen LogP contribution in [0.4, 0.5) is 5.13 Å². The number of aryl methyl sites for hydroxylation is 1. The number of amides is 2. The molecule has 1 saturated heterocycles. The number of oxime groups is 1. The number of fused-ring (bicyclic) bond motifs is 1. The lowest BCUT2D eigenvalue weighted by molar-refractivity contribution is -0.152. The largest absolute Gasteiger partial charge is 0.461 e. The predicted octanol–water partition coefficient (Wildman–Crippen LogP) is 1.07. The zero-order chi connectivity index (χ0) is 24.4. The highest BCUT2D eigenvalue weighted by atomic mass is 32.2. The Hall–Kier alpha value is -2.69. The molecule has 0 radical (unpaired) electrons. The van der Waals surface area contributed by atoms with Crippen LogP contribution in [0, 0.1) is 6.92 Å². The number of nitrogens with one attached hydrogen (secondary N) is 1. The smallest absolute Gasteiger partial charge is 0.355 e. The van der Waals surface area contributed by atoms with Crippen molar-refractivity contribution in [2.45, 2.75) is 29.6 Å². The van der Waals surface area contributed by atoms with Gasteiger partial charge in [0.25, 0.3) is 11.8 Å². The van der Waals surface area contributed by atoms with Gasteiger partial charge in [0.1, 0.15) is 27.8 Å². The Morgan fingerprint density at radius 3 is 2.85 bits per heavy atom. The number of esters is 1. The normalized spacial score (nSPS) is 20.1. The minimum absolute atomic E-state index is 0.0979. The fourth-order valence-electron chi connectivity index (χ4n) is 3.29. The summed E-state index contributed by atoms with van der Waals surface area (Å²) in [6.07, 6.45) is 0. The molecule has 4 rings (SSSR count). The Morgan fingerprint density at radius 2 is 2.24 bits per heavy atom. The van der Waals surface area contributed by atoms with E-state index in [1.807, 2.05) is 6.92 Å². The number of rotatable bonds is 8. The molecular weight excluding hydrogens is 523 g/mol. The van der Waals surface area contributed by atoms with Gasteiger partial charge in [0.15, 0.2) is 15.2 Å². The first kappa shape index (κ1) is 24.4. The van der Waals surface area contributed by atoms with Crippen molar-refractivity contribution in [1.82, 2.24) is 25.4 Å². The molecule has 0 saturated carbocycles. The molecule has 0 aromatic carbocycles. The number of ether oxygens (including phenoxy) is 1. The first-order valence-electron chi connectivity index (χ1n) is 9.85. The second-order valence-electron chi connectivity index (χ2n) is 6.93. The maximum atomic E-state index is 13.0. The molecule has 16 heteroatoms. The Bertz CT molecular complexity index is 1190. The maximum absolute atomic E-state index is 13.0. The summed E-state index contributed by atoms with van der Waals surface area (Å²) in [6.45, 7) is 3.70. The molecule has 2 aromatic heterocycles. The number of thioether (sulfide) groups is 2. The number of hydrogen-bond donors (Lipinski definition) is 3. The lowest BCUT2D eigenvalue weighted by atomic mass is 10.0. The van der Waals surface area contributed by atoms with E-state index < -0.39 is 29.2 Å². The van der Waals surface area contributed by atoms with Gasteiger partial charge < -0.3 is 21.0 Å². The lowest BCUT2D eigenvalue weighted by Crippen LogP contribution is -2.71. The monoisotopic (exact) mass is 541 g/mol. The van der Waals surface area contributed by atoms with Gasteiger partial charge in [-0.25, -0.2) is 9.78 Å². The number of hydrogen-bond acceptors (Lipinski definition) is 14. The number of carbonyl (C=O) groups is 3. The van der Waals surface area contributed by atoms with E-state index >= 15 is 0 Å². The van der Waals surface area contributed by atoms with E-state index in [1.165, 1.54) is 45.1 Å². The summed E-state index contributed by atoms with van der Waals surface area (Å²) in [5, 5.41) is 25.0. The van der Waals surface area contributed by atoms with Gasteiger partial charge in [-0.05, 0) is 19.4 Å². The van der Waals surface area contributed by atoms with Crippen molar-refractivity contribution >= 4 is 74.8 Å². The SMILES string of the molecule is CCOC(=O)C1=C(CSc2nnc(C)s2)CS[C@@H]2[C@H](NC(=O)/C(=N\O)c3csc(N)n3)C(=O)N12. The van der Waals surface area contributed by atoms with Crippen LogP contribution >= 0.6 is 46.2 Å². The predicted molar refractivity (Wildman–Crippen MR) is 129 cm³/mol. The van der Waals surface area contributed by atoms with Crippen molar-refractivity contribution in [2.75, 3.05) is 23.8 Å². The Balaban J connectivity index is 1.51. The van der Waals surface area contributed by atoms with Crippen molar-refractivity contribution in [3.8, 4) is 0 Å². The fourth-order valence-corrected chi connectivity index (χ4v) is 7.14. The average Bonchev–Trinajstić information content (AvgIpc) is 3.43. The zero-order valence-electron chi connectivity index (χ0n) is 17.9. The van der Waals surface area contributed by atoms with Crippen LogP contribution in [0.2, 0.25) is 0 Å². The summed E-state index contributed by atoms with van der Waals surface area (Å²) >= 11 is 5.38. The van der Waals surface area contributed by atoms with E-state index in [-0.39, 0.29) is 28.8 Å². The van der Waals surface area contributed by atoms with Crippen molar-refractivity contribution < 1.29 is 24.3 Å². The molecule has 12 nitrogen and oxygen atoms in total. The average molecular weight is 542 g/mol. The van der Waals surface area contributed by atoms with E-state index in [2.05, 4.69) is 25.7 Å². The van der Waals surface area contributed by atoms with Crippen LogP contribution in [0.15, 0.2) is 26.1 Å². The minimum Gasteiger partial charge on any atom is -0.461 e. The highest BCUT2D eigenvalue weighted by molar-refractivity contribution is 8.01. The summed E-state index contributed by atoms with van der Waals surface area (Å²) in [4.78, 5) is 43.7. The summed E-state index contributed by atoms with van der Waals surface area (Å²) in [5.41, 5.74) is 6.26. The third-order valence-electron chi connectivity index (χ3n) is 4.76. The number of β-lactam (4-membered cyclic amide) rings is 1. The second-order valence-corrected chi connectivity index (χ2v) is 11.3. The van der Waals surface area contributed by atoms with Crippen molar-refractivity contribution in [1.29, 1.82) is 0 Å². The standard InChI is InChI=1S/C18H19N7O5S4/c1-3-30-16(28)12-8(5-33-18-23-22-7(2)34-18)4-31-15-11(14(27)25(12)15)21-13(26)10(24-29)9-6-32-17(19)20-9/h6,11,15,29H,3-5H2,1-2H3,(H2,19,20)(H,21,26)/b24-10-/t11-,15-/m1/s1. The third-order valence-corrected chi connectivity index (χ3v) is 8.83. The number of thiazole rings is 1. The van der Waals surface area contributed by atoms with Crippen LogP contribution in [0.25, 0.3) is 0 Å². The van der Waals surface area contributed by atoms with E-state index in [4.69, 9.17) is 10.5 Å². The molecule has 2 aliphatic heterocycles. The zero-order valence-corrected chi connectivity index (χ0v) is 21.1. The number of nitrogen functional groups attached to an aromatic ring is 1. The molecule has 0 aliphatic carbocycles. The minimum atomic E-state index is -0.908. The molecule has 2 atom stereocenters. The van der Waals surface area contributed by atoms with Gasteiger partial charge in [-0.3, -0.25) is 14.5 Å². The van der Waals surface area contributed by atoms with Gasteiger partial charge in [0, 0.05) is 16.9 Å². The van der Waals surface area contributed by atoms with Crippen molar-refractivity contribution in [3.05, 3.63) is 27.4 Å². The maximum Gasteiger partial charge on any atom is 0.355 e. The molecule has 0 unspecified atom stereocenters. The number of carbonyl (C=O) groups excluding carboxylic acids is 3. The molecule has 180 valence electrons. The summed E-state index contributed by atoms with van der Waals surface area (Å²) in [6, 6.07) is -0.908. The number of aromatic nitrogens is 3. The molecule has 0 bridgehead atoms. The van der Waals surface area contributed by atoms with Gasteiger partial charge in [-0.1, -0.05) is 28.3 Å². The Labute approximate surface area is 210 Å². The molecule has 4 heterocycles. The van der Waals surface area contributed by atoms with Crippen LogP contribution < -0.4 is 11.1 Å². The van der Waals surface area contributed by atoms with Crippen LogP contribution in [-0.2, 0) is 19.1 Å². The highest BCUT2D eigenvalue weighted by Crippen LogP contribution is 2.42. The van der Waals surface area contributed by atoms with Crippen LogP contribution in [0.3, 0.4) is 0 Å². The van der Waals surface area contributed by atoms with E-state index in [0.717, 1.165) is 26.3 Å². The number of nitrogens with zero attached hydrogens (tertiary/aromatic N) is 5. The molecule has 2 aliphatic rings. The molecule has 0 spiro atoms. The fraction of sp³-hybridized carbons (Fsp3) is 0.389. The quantitative estimate of drug-likeness (QED) is 0.109. The van der Waals surface area contributed by atoms with E-state index in [0.29, 0.717) is 11.5 Å². The van der Waals surface area contributed by atoms with Crippen molar-refractivity contribution in [2.24, 2.45) is 5.16 Å². The summed E-state index contributed by atoms with van der Waals surface area (Å²) in [5.74, 6) is -0.927. The topological polar surface area (TPSA) is 173 Å². The van der Waals surface area contributed by atoms with Gasteiger partial charge in [0.2, 0.25) is 0 Å². The molecular formula is C18H19N7O5S4. The van der Waals surface area contributed by atoms with Gasteiger partial charge >= 0.3 is 5.97 Å². The molecule has 4 N–H and O–H groups in total. The Kier molecular flexibility index (Phi) is 7.39. The summed E-state index contributed by atoms with van der Waals surface area (Å²) in [7, 11) is 0. The molecule has 2 amide bonds. The van der Waals surface area contributed by atoms with Crippen molar-refractivity contribution in [3.63, 3.8) is 0 Å². The van der Waals surface area contributed by atoms with Crippen LogP contribution in [0.1, 0.15) is 17.6 Å². The van der Waals surface area contributed by atoms with Gasteiger partial charge in [-0.15, -0.1) is 33.3 Å². The highest BCUT2D eigenvalue weighted by Gasteiger charge is 2.54. The summed E-state index contributed by atoms with van der Waals surface area (Å²) < 4.78 is 5.97. The lowest BCUT2D eigenvalue weighted by Gasteiger charge is -2.49.